The van der Waals surface area contributed by atoms with Crippen molar-refractivity contribution < 1.29 is 14.3 Å². The van der Waals surface area contributed by atoms with Gasteiger partial charge in [-0.1, -0.05) is 0 Å². The number of aliphatic hydroxyl groups is 1. The number of carbonyl (C=O) groups is 1. The summed E-state index contributed by atoms with van der Waals surface area (Å²) in [6.45, 7) is 0. The first-order chi connectivity index (χ1) is 9.15. The second-order valence-electron chi connectivity index (χ2n) is 4.97. The number of aromatic amines is 1. The molecule has 1 amide bonds. The third-order valence-corrected chi connectivity index (χ3v) is 3.68. The van der Waals surface area contributed by atoms with Crippen molar-refractivity contribution in [1.82, 2.24) is 10.3 Å². The molecule has 3 N–H and O–H groups in total. The van der Waals surface area contributed by atoms with Gasteiger partial charge in [0.2, 0.25) is 0 Å². The van der Waals surface area contributed by atoms with Crippen LogP contribution in [0.5, 0.6) is 0 Å². The van der Waals surface area contributed by atoms with E-state index in [2.05, 4.69) is 10.3 Å². The number of amides is 1. The molecule has 0 aliphatic heterocycles. The summed E-state index contributed by atoms with van der Waals surface area (Å²) in [6, 6.07) is 4.09. The number of carbonyl (C=O) groups excluding carboxylic acids is 1. The molecular weight excluding hydrogens is 247 g/mol. The van der Waals surface area contributed by atoms with Gasteiger partial charge in [-0.3, -0.25) is 4.79 Å². The molecular formula is C14H15FN2O2. The normalized spacial score (nSPS) is 22.8. The molecule has 3 rings (SSSR count). The molecule has 2 aromatic rings. The van der Waals surface area contributed by atoms with Gasteiger partial charge in [0.1, 0.15) is 5.82 Å². The summed E-state index contributed by atoms with van der Waals surface area (Å²) in [5, 5.41) is 13.2. The van der Waals surface area contributed by atoms with Gasteiger partial charge >= 0.3 is 0 Å². The molecule has 100 valence electrons. The number of halogens is 1. The van der Waals surface area contributed by atoms with Crippen LogP contribution in [0.25, 0.3) is 10.9 Å². The summed E-state index contributed by atoms with van der Waals surface area (Å²) in [7, 11) is 0. The number of H-pyrrole nitrogens is 1. The van der Waals surface area contributed by atoms with Gasteiger partial charge in [-0.2, -0.15) is 0 Å². The van der Waals surface area contributed by atoms with Crippen LogP contribution in [0.3, 0.4) is 0 Å². The monoisotopic (exact) mass is 262 g/mol. The predicted octanol–water partition coefficient (Wildman–Crippen LogP) is 1.95. The zero-order valence-electron chi connectivity index (χ0n) is 10.3. The van der Waals surface area contributed by atoms with Gasteiger partial charge in [-0.15, -0.1) is 0 Å². The number of hydrogen-bond donors (Lipinski definition) is 3. The molecule has 1 fully saturated rings. The second kappa shape index (κ2) is 4.66. The minimum absolute atomic E-state index is 0.183. The number of aromatic nitrogens is 1. The average Bonchev–Trinajstić information content (AvgIpc) is 2.96. The Morgan fingerprint density at radius 2 is 2.26 bits per heavy atom. The Morgan fingerprint density at radius 1 is 1.42 bits per heavy atom. The highest BCUT2D eigenvalue weighted by molar-refractivity contribution is 6.06. The third-order valence-electron chi connectivity index (χ3n) is 3.68. The highest BCUT2D eigenvalue weighted by Gasteiger charge is 2.27. The van der Waals surface area contributed by atoms with Crippen LogP contribution in [0.2, 0.25) is 0 Å². The van der Waals surface area contributed by atoms with Crippen molar-refractivity contribution in [2.45, 2.75) is 31.4 Å². The quantitative estimate of drug-likeness (QED) is 0.774. The topological polar surface area (TPSA) is 65.1 Å². The number of rotatable bonds is 2. The van der Waals surface area contributed by atoms with Gasteiger partial charge in [0.05, 0.1) is 17.7 Å². The average molecular weight is 262 g/mol. The summed E-state index contributed by atoms with van der Waals surface area (Å²) >= 11 is 0. The van der Waals surface area contributed by atoms with Gasteiger partial charge in [-0.05, 0) is 37.5 Å². The van der Waals surface area contributed by atoms with Gasteiger partial charge in [0, 0.05) is 17.1 Å². The van der Waals surface area contributed by atoms with Gasteiger partial charge in [-0.25, -0.2) is 4.39 Å². The Kier molecular flexibility index (Phi) is 2.98. The lowest BCUT2D eigenvalue weighted by molar-refractivity contribution is 0.0875. The molecule has 1 aromatic heterocycles. The first-order valence-electron chi connectivity index (χ1n) is 6.41. The van der Waals surface area contributed by atoms with Gasteiger partial charge < -0.3 is 15.4 Å². The van der Waals surface area contributed by atoms with Crippen molar-refractivity contribution in [2.75, 3.05) is 0 Å². The van der Waals surface area contributed by atoms with E-state index >= 15 is 0 Å². The van der Waals surface area contributed by atoms with Crippen molar-refractivity contribution in [3.8, 4) is 0 Å². The Hall–Kier alpha value is -1.88. The Balaban J connectivity index is 1.85. The standard InChI is InChI=1S/C14H15FN2O2/c15-8-4-5-9-10(7-16-12(9)6-8)14(19)17-11-2-1-3-13(11)18/h4-7,11,13,16,18H,1-3H2,(H,17,19). The van der Waals surface area contributed by atoms with Crippen molar-refractivity contribution in [2.24, 2.45) is 0 Å². The maximum atomic E-state index is 13.1. The maximum absolute atomic E-state index is 13.1. The van der Waals surface area contributed by atoms with E-state index in [1.54, 1.807) is 12.3 Å². The lowest BCUT2D eigenvalue weighted by Gasteiger charge is -2.15. The number of hydrogen-bond acceptors (Lipinski definition) is 2. The van der Waals surface area contributed by atoms with Crippen molar-refractivity contribution in [1.29, 1.82) is 0 Å². The highest BCUT2D eigenvalue weighted by Crippen LogP contribution is 2.22. The molecule has 0 spiro atoms. The molecule has 0 bridgehead atoms. The van der Waals surface area contributed by atoms with E-state index in [9.17, 15) is 14.3 Å². The van der Waals surface area contributed by atoms with Crippen molar-refractivity contribution in [3.05, 3.63) is 35.8 Å². The zero-order chi connectivity index (χ0) is 13.4. The fourth-order valence-electron chi connectivity index (χ4n) is 2.64. The van der Waals surface area contributed by atoms with Gasteiger partial charge in [0.25, 0.3) is 5.91 Å². The van der Waals surface area contributed by atoms with Crippen LogP contribution in [0.15, 0.2) is 24.4 Å². The molecule has 1 aromatic carbocycles. The molecule has 2 unspecified atom stereocenters. The molecule has 0 saturated heterocycles. The summed E-state index contributed by atoms with van der Waals surface area (Å²) in [4.78, 5) is 15.1. The zero-order valence-corrected chi connectivity index (χ0v) is 10.3. The first kappa shape index (κ1) is 12.2. The molecule has 0 radical (unpaired) electrons. The number of aliphatic hydroxyl groups excluding tert-OH is 1. The molecule has 1 aliphatic rings. The lowest BCUT2D eigenvalue weighted by atomic mass is 10.1. The van der Waals surface area contributed by atoms with Crippen molar-refractivity contribution in [3.63, 3.8) is 0 Å². The first-order valence-corrected chi connectivity index (χ1v) is 6.41. The minimum Gasteiger partial charge on any atom is -0.391 e. The summed E-state index contributed by atoms with van der Waals surface area (Å²) in [5.41, 5.74) is 1.08. The number of fused-ring (bicyclic) bond motifs is 1. The van der Waals surface area contributed by atoms with E-state index in [0.29, 0.717) is 16.5 Å². The smallest absolute Gasteiger partial charge is 0.253 e. The van der Waals surface area contributed by atoms with Crippen LogP contribution < -0.4 is 5.32 Å². The van der Waals surface area contributed by atoms with E-state index in [1.165, 1.54) is 12.1 Å². The van der Waals surface area contributed by atoms with E-state index in [4.69, 9.17) is 0 Å². The summed E-state index contributed by atoms with van der Waals surface area (Å²) in [6.07, 6.45) is 3.55. The molecule has 4 nitrogen and oxygen atoms in total. The Bertz CT molecular complexity index is 623. The molecule has 1 saturated carbocycles. The SMILES string of the molecule is O=C(NC1CCCC1O)c1c[nH]c2cc(F)ccc12. The van der Waals surface area contributed by atoms with Crippen LogP contribution in [-0.4, -0.2) is 28.1 Å². The van der Waals surface area contributed by atoms with Crippen LogP contribution in [0, 0.1) is 5.82 Å². The highest BCUT2D eigenvalue weighted by atomic mass is 19.1. The maximum Gasteiger partial charge on any atom is 0.253 e. The number of benzene rings is 1. The Labute approximate surface area is 109 Å². The predicted molar refractivity (Wildman–Crippen MR) is 69.4 cm³/mol. The van der Waals surface area contributed by atoms with Crippen LogP contribution in [0.4, 0.5) is 4.39 Å². The van der Waals surface area contributed by atoms with Crippen LogP contribution in [0.1, 0.15) is 29.6 Å². The van der Waals surface area contributed by atoms with Crippen LogP contribution in [-0.2, 0) is 0 Å². The molecule has 1 aliphatic carbocycles. The summed E-state index contributed by atoms with van der Waals surface area (Å²) in [5.74, 6) is -0.573. The molecule has 19 heavy (non-hydrogen) atoms. The van der Waals surface area contributed by atoms with E-state index in [-0.39, 0.29) is 17.8 Å². The van der Waals surface area contributed by atoms with Gasteiger partial charge in [0.15, 0.2) is 0 Å². The van der Waals surface area contributed by atoms with Crippen LogP contribution >= 0.6 is 0 Å². The fourth-order valence-corrected chi connectivity index (χ4v) is 2.64. The molecule has 1 heterocycles. The Morgan fingerprint density at radius 3 is 3.00 bits per heavy atom. The third kappa shape index (κ3) is 2.21. The van der Waals surface area contributed by atoms with E-state index in [1.807, 2.05) is 0 Å². The largest absolute Gasteiger partial charge is 0.391 e. The second-order valence-corrected chi connectivity index (χ2v) is 4.97. The molecule has 5 heteroatoms. The minimum atomic E-state index is -0.466. The number of nitrogens with one attached hydrogen (secondary N) is 2. The fraction of sp³-hybridized carbons (Fsp3) is 0.357. The van der Waals surface area contributed by atoms with E-state index in [0.717, 1.165) is 19.3 Å². The van der Waals surface area contributed by atoms with Crippen molar-refractivity contribution >= 4 is 16.8 Å². The summed E-state index contributed by atoms with van der Waals surface area (Å²) < 4.78 is 13.1. The lowest BCUT2D eigenvalue weighted by Crippen LogP contribution is -2.39. The molecule has 2 atom stereocenters. The van der Waals surface area contributed by atoms with E-state index < -0.39 is 6.10 Å².